The van der Waals surface area contributed by atoms with Crippen molar-refractivity contribution in [3.05, 3.63) is 74.9 Å². The van der Waals surface area contributed by atoms with E-state index < -0.39 is 0 Å². The fourth-order valence-corrected chi connectivity index (χ4v) is 3.42. The molecule has 3 aromatic rings. The SMILES string of the molecule is CC(C)CCOC(=O)c1c(Cc2ccccc2)c(=S)[nH]c2ccc(Cl)cc12. The minimum Gasteiger partial charge on any atom is -0.462 e. The van der Waals surface area contributed by atoms with E-state index in [2.05, 4.69) is 18.8 Å². The van der Waals surface area contributed by atoms with Crippen LogP contribution in [0.2, 0.25) is 5.02 Å². The van der Waals surface area contributed by atoms with Gasteiger partial charge in [0.2, 0.25) is 0 Å². The number of pyridine rings is 1. The van der Waals surface area contributed by atoms with Gasteiger partial charge in [0.1, 0.15) is 4.64 Å². The summed E-state index contributed by atoms with van der Waals surface area (Å²) < 4.78 is 6.12. The quantitative estimate of drug-likeness (QED) is 0.388. The average molecular weight is 400 g/mol. The number of benzene rings is 2. The molecule has 1 heterocycles. The summed E-state index contributed by atoms with van der Waals surface area (Å²) in [5.41, 5.74) is 3.12. The Morgan fingerprint density at radius 3 is 2.63 bits per heavy atom. The Hall–Kier alpha value is -2.17. The van der Waals surface area contributed by atoms with Crippen LogP contribution in [0, 0.1) is 10.6 Å². The van der Waals surface area contributed by atoms with Crippen LogP contribution in [0.3, 0.4) is 0 Å². The van der Waals surface area contributed by atoms with Gasteiger partial charge in [-0.25, -0.2) is 4.79 Å². The third kappa shape index (κ3) is 4.76. The maximum absolute atomic E-state index is 13.0. The normalized spacial score (nSPS) is 11.1. The van der Waals surface area contributed by atoms with Crippen molar-refractivity contribution in [3.63, 3.8) is 0 Å². The molecule has 0 aliphatic heterocycles. The Kier molecular flexibility index (Phi) is 6.30. The lowest BCUT2D eigenvalue weighted by Crippen LogP contribution is -2.13. The van der Waals surface area contributed by atoms with E-state index in [1.165, 1.54) is 0 Å². The largest absolute Gasteiger partial charge is 0.462 e. The van der Waals surface area contributed by atoms with Crippen LogP contribution in [0.4, 0.5) is 0 Å². The summed E-state index contributed by atoms with van der Waals surface area (Å²) in [4.78, 5) is 16.2. The van der Waals surface area contributed by atoms with Gasteiger partial charge in [0.05, 0.1) is 12.2 Å². The number of rotatable bonds is 6. The molecule has 3 rings (SSSR count). The predicted molar refractivity (Wildman–Crippen MR) is 113 cm³/mol. The molecule has 1 aromatic heterocycles. The van der Waals surface area contributed by atoms with Crippen molar-refractivity contribution in [2.75, 3.05) is 6.61 Å². The second kappa shape index (κ2) is 8.68. The molecule has 0 bridgehead atoms. The van der Waals surface area contributed by atoms with Gasteiger partial charge in [-0.05, 0) is 36.1 Å². The zero-order valence-corrected chi connectivity index (χ0v) is 17.0. The molecule has 0 saturated heterocycles. The van der Waals surface area contributed by atoms with Gasteiger partial charge in [-0.1, -0.05) is 68.0 Å². The molecular weight excluding hydrogens is 378 g/mol. The Bertz CT molecular complexity index is 1010. The molecule has 0 spiro atoms. The molecular formula is C22H22ClNO2S. The summed E-state index contributed by atoms with van der Waals surface area (Å²) in [6, 6.07) is 15.3. The topological polar surface area (TPSA) is 42.1 Å². The van der Waals surface area contributed by atoms with Gasteiger partial charge in [0, 0.05) is 27.9 Å². The molecule has 0 saturated carbocycles. The first kappa shape index (κ1) is 19.6. The highest BCUT2D eigenvalue weighted by Crippen LogP contribution is 2.27. The monoisotopic (exact) mass is 399 g/mol. The summed E-state index contributed by atoms with van der Waals surface area (Å²) in [5, 5.41) is 1.30. The predicted octanol–water partition coefficient (Wildman–Crippen LogP) is 6.34. The van der Waals surface area contributed by atoms with Gasteiger partial charge in [-0.2, -0.15) is 0 Å². The first-order valence-electron chi connectivity index (χ1n) is 9.01. The molecule has 140 valence electrons. The van der Waals surface area contributed by atoms with E-state index in [9.17, 15) is 4.79 Å². The van der Waals surface area contributed by atoms with Gasteiger partial charge in [0.15, 0.2) is 0 Å². The van der Waals surface area contributed by atoms with Gasteiger partial charge < -0.3 is 9.72 Å². The maximum Gasteiger partial charge on any atom is 0.339 e. The van der Waals surface area contributed by atoms with E-state index in [-0.39, 0.29) is 5.97 Å². The van der Waals surface area contributed by atoms with Crippen LogP contribution in [0.5, 0.6) is 0 Å². The summed E-state index contributed by atoms with van der Waals surface area (Å²) >= 11 is 11.8. The number of carbonyl (C=O) groups excluding carboxylic acids is 1. The van der Waals surface area contributed by atoms with Gasteiger partial charge in [0.25, 0.3) is 0 Å². The molecule has 0 fully saturated rings. The third-order valence-corrected chi connectivity index (χ3v) is 5.01. The number of H-pyrrole nitrogens is 1. The van der Waals surface area contributed by atoms with Crippen LogP contribution in [0.25, 0.3) is 10.9 Å². The number of fused-ring (bicyclic) bond motifs is 1. The first-order valence-corrected chi connectivity index (χ1v) is 9.80. The smallest absolute Gasteiger partial charge is 0.339 e. The van der Waals surface area contributed by atoms with Gasteiger partial charge in [-0.3, -0.25) is 0 Å². The average Bonchev–Trinajstić information content (AvgIpc) is 2.63. The minimum atomic E-state index is -0.353. The lowest BCUT2D eigenvalue weighted by atomic mass is 9.98. The summed E-state index contributed by atoms with van der Waals surface area (Å²) in [7, 11) is 0. The highest BCUT2D eigenvalue weighted by atomic mass is 35.5. The van der Waals surface area contributed by atoms with Crippen LogP contribution in [-0.4, -0.2) is 17.6 Å². The molecule has 0 atom stereocenters. The highest BCUT2D eigenvalue weighted by Gasteiger charge is 2.20. The number of ether oxygens (including phenoxy) is 1. The fourth-order valence-electron chi connectivity index (χ4n) is 2.97. The van der Waals surface area contributed by atoms with E-state index >= 15 is 0 Å². The second-order valence-corrected chi connectivity index (χ2v) is 7.82. The Morgan fingerprint density at radius 1 is 1.19 bits per heavy atom. The molecule has 0 aliphatic rings. The minimum absolute atomic E-state index is 0.353. The van der Waals surface area contributed by atoms with Gasteiger partial charge >= 0.3 is 5.97 Å². The standard InChI is InChI=1S/C22H22ClNO2S/c1-14(2)10-11-26-22(25)20-17-13-16(23)8-9-19(17)24-21(27)18(20)12-15-6-4-3-5-7-15/h3-9,13-14H,10-12H2,1-2H3,(H,24,27). The zero-order valence-electron chi connectivity index (χ0n) is 15.4. The van der Waals surface area contributed by atoms with Crippen molar-refractivity contribution >= 4 is 40.7 Å². The van der Waals surface area contributed by atoms with Crippen LogP contribution >= 0.6 is 23.8 Å². The van der Waals surface area contributed by atoms with Crippen molar-refractivity contribution in [2.24, 2.45) is 5.92 Å². The Balaban J connectivity index is 2.10. The van der Waals surface area contributed by atoms with E-state index in [0.29, 0.717) is 34.2 Å². The number of carbonyl (C=O) groups is 1. The number of esters is 1. The second-order valence-electron chi connectivity index (χ2n) is 6.98. The number of nitrogens with one attached hydrogen (secondary N) is 1. The molecule has 3 nitrogen and oxygen atoms in total. The Morgan fingerprint density at radius 2 is 1.93 bits per heavy atom. The van der Waals surface area contributed by atoms with E-state index in [1.54, 1.807) is 12.1 Å². The molecule has 2 aromatic carbocycles. The number of halogens is 1. The molecule has 27 heavy (non-hydrogen) atoms. The molecule has 1 N–H and O–H groups in total. The van der Waals surface area contributed by atoms with Crippen LogP contribution in [0.1, 0.15) is 41.8 Å². The molecule has 0 unspecified atom stereocenters. The molecule has 0 amide bonds. The van der Waals surface area contributed by atoms with Crippen molar-refractivity contribution in [1.29, 1.82) is 0 Å². The molecule has 0 radical (unpaired) electrons. The van der Waals surface area contributed by atoms with E-state index in [1.807, 2.05) is 36.4 Å². The van der Waals surface area contributed by atoms with E-state index in [4.69, 9.17) is 28.6 Å². The van der Waals surface area contributed by atoms with Crippen LogP contribution < -0.4 is 0 Å². The fraction of sp³-hybridized carbons (Fsp3) is 0.273. The number of aromatic amines is 1. The Labute approximate surface area is 169 Å². The number of hydrogen-bond donors (Lipinski definition) is 1. The first-order chi connectivity index (χ1) is 13.0. The van der Waals surface area contributed by atoms with Crippen molar-refractivity contribution in [2.45, 2.75) is 26.7 Å². The lowest BCUT2D eigenvalue weighted by Gasteiger charge is -2.14. The van der Waals surface area contributed by atoms with Gasteiger partial charge in [-0.15, -0.1) is 0 Å². The summed E-state index contributed by atoms with van der Waals surface area (Å²) in [6.45, 7) is 4.58. The van der Waals surface area contributed by atoms with Crippen molar-refractivity contribution in [3.8, 4) is 0 Å². The zero-order chi connectivity index (χ0) is 19.4. The van der Waals surface area contributed by atoms with E-state index in [0.717, 1.165) is 28.5 Å². The van der Waals surface area contributed by atoms with Crippen LogP contribution in [0.15, 0.2) is 48.5 Å². The van der Waals surface area contributed by atoms with Crippen LogP contribution in [-0.2, 0) is 11.2 Å². The number of hydrogen-bond acceptors (Lipinski definition) is 3. The van der Waals surface area contributed by atoms with Crippen molar-refractivity contribution < 1.29 is 9.53 Å². The molecule has 0 aliphatic carbocycles. The highest BCUT2D eigenvalue weighted by molar-refractivity contribution is 7.71. The molecule has 5 heteroatoms. The maximum atomic E-state index is 13.0. The van der Waals surface area contributed by atoms with Crippen molar-refractivity contribution in [1.82, 2.24) is 4.98 Å². The third-order valence-electron chi connectivity index (χ3n) is 4.43. The summed E-state index contributed by atoms with van der Waals surface area (Å²) in [5.74, 6) is 0.111. The number of aromatic nitrogens is 1. The lowest BCUT2D eigenvalue weighted by molar-refractivity contribution is 0.0489. The summed E-state index contributed by atoms with van der Waals surface area (Å²) in [6.07, 6.45) is 1.37.